The molecule has 2 aromatic rings. The summed E-state index contributed by atoms with van der Waals surface area (Å²) in [5, 5.41) is 0.151. The first-order valence-corrected chi connectivity index (χ1v) is 8.71. The van der Waals surface area contributed by atoms with E-state index in [9.17, 15) is 0 Å². The number of hydrogen-bond acceptors (Lipinski definition) is 0. The second-order valence-corrected chi connectivity index (χ2v) is 7.34. The molecule has 114 valence electrons. The summed E-state index contributed by atoms with van der Waals surface area (Å²) in [7, 11) is 0. The molecule has 1 aliphatic rings. The van der Waals surface area contributed by atoms with Crippen molar-refractivity contribution in [2.75, 3.05) is 0 Å². The smallest absolute Gasteiger partial charge is 0.0850 e. The van der Waals surface area contributed by atoms with Crippen LogP contribution in [0, 0.1) is 13.8 Å². The molecule has 2 aromatic carbocycles. The van der Waals surface area contributed by atoms with Crippen LogP contribution in [-0.4, -0.2) is 6.71 Å². The molecule has 0 N–H and O–H groups in total. The number of benzene rings is 2. The molecule has 0 bridgehead atoms. The molecule has 0 atom stereocenters. The Hall–Kier alpha value is -1.50. The molecule has 0 saturated heterocycles. The van der Waals surface area contributed by atoms with Crippen molar-refractivity contribution < 1.29 is 0 Å². The Morgan fingerprint density at radius 3 is 1.86 bits per heavy atom. The zero-order valence-electron chi connectivity index (χ0n) is 14.7. The number of unbranched alkanes of at least 4 members (excludes halogenated alkanes) is 1. The van der Waals surface area contributed by atoms with Crippen molar-refractivity contribution in [3.8, 4) is 11.1 Å². The summed E-state index contributed by atoms with van der Waals surface area (Å²) < 4.78 is 0. The molecule has 0 spiro atoms. The third-order valence-corrected chi connectivity index (χ3v) is 5.74. The number of aryl methyl sites for hydroxylation is 2. The van der Waals surface area contributed by atoms with Gasteiger partial charge in [0.2, 0.25) is 0 Å². The predicted octanol–water partition coefficient (Wildman–Crippen LogP) is 6.05. The minimum absolute atomic E-state index is 0.151. The highest BCUT2D eigenvalue weighted by atomic mass is 14.4. The Bertz CT molecular complexity index is 648. The molecule has 0 radical (unpaired) electrons. The number of hydrogen-bond donors (Lipinski definition) is 0. The summed E-state index contributed by atoms with van der Waals surface area (Å²) >= 11 is 0. The van der Waals surface area contributed by atoms with E-state index in [4.69, 9.17) is 0 Å². The Labute approximate surface area is 136 Å². The van der Waals surface area contributed by atoms with Gasteiger partial charge in [0.25, 0.3) is 0 Å². The van der Waals surface area contributed by atoms with Gasteiger partial charge in [0.15, 0.2) is 6.71 Å². The molecule has 0 amide bonds. The Balaban J connectivity index is 2.21. The van der Waals surface area contributed by atoms with E-state index < -0.39 is 0 Å². The van der Waals surface area contributed by atoms with Crippen molar-refractivity contribution in [2.45, 2.75) is 59.0 Å². The summed E-state index contributed by atoms with van der Waals surface area (Å²) in [4.78, 5) is 0. The van der Waals surface area contributed by atoms with Crippen LogP contribution in [0.4, 0.5) is 0 Å². The summed E-state index contributed by atoms with van der Waals surface area (Å²) in [6.45, 7) is 12.3. The van der Waals surface area contributed by atoms with E-state index in [0.717, 1.165) is 0 Å². The molecule has 3 rings (SSSR count). The fraction of sp³-hybridized carbons (Fsp3) is 0.429. The normalized spacial score (nSPS) is 14.6. The van der Waals surface area contributed by atoms with Crippen LogP contribution < -0.4 is 0 Å². The summed E-state index contributed by atoms with van der Waals surface area (Å²) in [5.41, 5.74) is 8.72. The Morgan fingerprint density at radius 1 is 0.909 bits per heavy atom. The third kappa shape index (κ3) is 2.22. The molecule has 0 aromatic heterocycles. The van der Waals surface area contributed by atoms with Crippen LogP contribution in [-0.2, 0) is 5.31 Å². The predicted molar refractivity (Wildman–Crippen MR) is 99.1 cm³/mol. The van der Waals surface area contributed by atoms with E-state index in [1.54, 1.807) is 0 Å². The standard InChI is InChI=1S/C21H27B/c1-6-7-12-22(5)21(4)19-13-15(2)8-10-17(19)18-11-9-16(3)14-20(18)21/h8-11,13-14H,6-7,12H2,1-5H3. The minimum atomic E-state index is 0.151. The van der Waals surface area contributed by atoms with Crippen molar-refractivity contribution >= 4 is 6.71 Å². The van der Waals surface area contributed by atoms with Crippen LogP contribution in [0.1, 0.15) is 48.9 Å². The van der Waals surface area contributed by atoms with Gasteiger partial charge in [0.1, 0.15) is 0 Å². The Kier molecular flexibility index (Phi) is 3.93. The largest absolute Gasteiger partial charge is 0.154 e. The van der Waals surface area contributed by atoms with Gasteiger partial charge in [-0.3, -0.25) is 0 Å². The van der Waals surface area contributed by atoms with E-state index in [2.05, 4.69) is 70.9 Å². The molecule has 1 aliphatic carbocycles. The molecule has 0 fully saturated rings. The molecule has 0 heterocycles. The molecule has 0 aliphatic heterocycles. The van der Waals surface area contributed by atoms with Crippen molar-refractivity contribution in [3.63, 3.8) is 0 Å². The van der Waals surface area contributed by atoms with E-state index in [-0.39, 0.29) is 5.31 Å². The lowest BCUT2D eigenvalue weighted by atomic mass is 9.31. The lowest BCUT2D eigenvalue weighted by molar-refractivity contribution is 0.782. The fourth-order valence-corrected chi connectivity index (χ4v) is 4.12. The lowest BCUT2D eigenvalue weighted by Gasteiger charge is -2.33. The van der Waals surface area contributed by atoms with Gasteiger partial charge < -0.3 is 0 Å². The van der Waals surface area contributed by atoms with Crippen molar-refractivity contribution in [1.29, 1.82) is 0 Å². The van der Waals surface area contributed by atoms with Gasteiger partial charge in [0.05, 0.1) is 0 Å². The highest BCUT2D eigenvalue weighted by Gasteiger charge is 2.44. The third-order valence-electron chi connectivity index (χ3n) is 5.74. The summed E-state index contributed by atoms with van der Waals surface area (Å²) in [5.74, 6) is 0. The first kappa shape index (κ1) is 15.4. The van der Waals surface area contributed by atoms with Crippen LogP contribution in [0.5, 0.6) is 0 Å². The van der Waals surface area contributed by atoms with Crippen molar-refractivity contribution in [1.82, 2.24) is 0 Å². The van der Waals surface area contributed by atoms with E-state index in [1.807, 2.05) is 0 Å². The maximum atomic E-state index is 2.47. The second kappa shape index (κ2) is 5.61. The van der Waals surface area contributed by atoms with Crippen LogP contribution in [0.15, 0.2) is 36.4 Å². The van der Waals surface area contributed by atoms with E-state index >= 15 is 0 Å². The highest BCUT2D eigenvalue weighted by molar-refractivity contribution is 6.62. The fourth-order valence-electron chi connectivity index (χ4n) is 4.12. The maximum Gasteiger partial charge on any atom is 0.154 e. The highest BCUT2D eigenvalue weighted by Crippen LogP contribution is 2.51. The number of fused-ring (bicyclic) bond motifs is 3. The topological polar surface area (TPSA) is 0 Å². The summed E-state index contributed by atoms with van der Waals surface area (Å²) in [6.07, 6.45) is 3.90. The van der Waals surface area contributed by atoms with E-state index in [0.29, 0.717) is 6.71 Å². The van der Waals surface area contributed by atoms with Gasteiger partial charge in [-0.05, 0) is 41.4 Å². The SMILES string of the molecule is CCCCB(C)C1(C)c2cc(C)ccc2-c2ccc(C)cc21. The van der Waals surface area contributed by atoms with Gasteiger partial charge in [-0.15, -0.1) is 0 Å². The van der Waals surface area contributed by atoms with E-state index in [1.165, 1.54) is 52.5 Å². The van der Waals surface area contributed by atoms with Crippen LogP contribution in [0.2, 0.25) is 13.1 Å². The van der Waals surface area contributed by atoms with Crippen molar-refractivity contribution in [3.05, 3.63) is 58.7 Å². The molecule has 22 heavy (non-hydrogen) atoms. The molecular weight excluding hydrogens is 263 g/mol. The van der Waals surface area contributed by atoms with Crippen LogP contribution in [0.25, 0.3) is 11.1 Å². The first-order valence-electron chi connectivity index (χ1n) is 8.71. The van der Waals surface area contributed by atoms with Gasteiger partial charge in [-0.25, -0.2) is 0 Å². The average molecular weight is 290 g/mol. The second-order valence-electron chi connectivity index (χ2n) is 7.34. The molecule has 0 saturated carbocycles. The zero-order valence-corrected chi connectivity index (χ0v) is 14.7. The van der Waals surface area contributed by atoms with Gasteiger partial charge >= 0.3 is 0 Å². The first-order chi connectivity index (χ1) is 10.5. The van der Waals surface area contributed by atoms with Crippen molar-refractivity contribution in [2.24, 2.45) is 0 Å². The van der Waals surface area contributed by atoms with Gasteiger partial charge in [-0.1, -0.05) is 87.4 Å². The van der Waals surface area contributed by atoms with Crippen LogP contribution >= 0.6 is 0 Å². The van der Waals surface area contributed by atoms with Gasteiger partial charge in [0, 0.05) is 0 Å². The average Bonchev–Trinajstić information content (AvgIpc) is 2.75. The lowest BCUT2D eigenvalue weighted by Crippen LogP contribution is -2.37. The molecular formula is C21H27B. The zero-order chi connectivity index (χ0) is 15.9. The minimum Gasteiger partial charge on any atom is -0.0850 e. The monoisotopic (exact) mass is 290 g/mol. The van der Waals surface area contributed by atoms with Gasteiger partial charge in [-0.2, -0.15) is 0 Å². The molecule has 0 unspecified atom stereocenters. The molecule has 0 nitrogen and oxygen atoms in total. The quantitative estimate of drug-likeness (QED) is 0.601. The maximum absolute atomic E-state index is 2.47. The summed E-state index contributed by atoms with van der Waals surface area (Å²) in [6, 6.07) is 14.0. The van der Waals surface area contributed by atoms with Crippen LogP contribution in [0.3, 0.4) is 0 Å². The number of rotatable bonds is 4. The Morgan fingerprint density at radius 2 is 1.41 bits per heavy atom. The molecule has 1 heteroatoms.